The van der Waals surface area contributed by atoms with Crippen molar-refractivity contribution in [3.05, 3.63) is 29.8 Å². The summed E-state index contributed by atoms with van der Waals surface area (Å²) in [6.07, 6.45) is 0.250. The molecule has 0 spiro atoms. The maximum absolute atomic E-state index is 12.6. The van der Waals surface area contributed by atoms with Crippen molar-refractivity contribution in [1.29, 1.82) is 0 Å². The SMILES string of the molecule is CC(C)CC(NC(=O)CNC(=O)C(C)NC(=O)c1ccccc1N)C(=O)NC(C)C(=O)NCC(=O)O. The van der Waals surface area contributed by atoms with Gasteiger partial charge in [-0.15, -0.1) is 0 Å². The zero-order valence-electron chi connectivity index (χ0n) is 20.7. The normalized spacial score (nSPS) is 13.0. The predicted molar refractivity (Wildman–Crippen MR) is 130 cm³/mol. The summed E-state index contributed by atoms with van der Waals surface area (Å²) in [5.74, 6) is -4.38. The molecule has 13 heteroatoms. The van der Waals surface area contributed by atoms with E-state index in [1.54, 1.807) is 18.2 Å². The zero-order valence-corrected chi connectivity index (χ0v) is 20.7. The number of nitrogens with one attached hydrogen (secondary N) is 5. The van der Waals surface area contributed by atoms with E-state index in [1.807, 2.05) is 13.8 Å². The Labute approximate surface area is 208 Å². The molecule has 0 aromatic heterocycles. The molecule has 0 aliphatic heterocycles. The highest BCUT2D eigenvalue weighted by Crippen LogP contribution is 2.10. The molecule has 0 aliphatic carbocycles. The van der Waals surface area contributed by atoms with E-state index in [0.29, 0.717) is 0 Å². The molecule has 3 atom stereocenters. The fourth-order valence-corrected chi connectivity index (χ4v) is 3.01. The molecule has 5 amide bonds. The second kappa shape index (κ2) is 14.3. The van der Waals surface area contributed by atoms with Crippen LogP contribution in [0, 0.1) is 5.92 Å². The van der Waals surface area contributed by atoms with Gasteiger partial charge in [-0.2, -0.15) is 0 Å². The number of benzene rings is 1. The first-order valence-electron chi connectivity index (χ1n) is 11.3. The topological polar surface area (TPSA) is 209 Å². The number of carbonyl (C=O) groups excluding carboxylic acids is 5. The maximum atomic E-state index is 12.6. The summed E-state index contributed by atoms with van der Waals surface area (Å²) in [7, 11) is 0. The van der Waals surface area contributed by atoms with Gasteiger partial charge in [0.25, 0.3) is 5.91 Å². The molecule has 8 N–H and O–H groups in total. The van der Waals surface area contributed by atoms with Crippen molar-refractivity contribution in [2.75, 3.05) is 18.8 Å². The van der Waals surface area contributed by atoms with E-state index in [0.717, 1.165) is 0 Å². The second-order valence-corrected chi connectivity index (χ2v) is 8.59. The van der Waals surface area contributed by atoms with Gasteiger partial charge < -0.3 is 37.4 Å². The number of carboxylic acids is 1. The van der Waals surface area contributed by atoms with Gasteiger partial charge in [0.2, 0.25) is 23.6 Å². The van der Waals surface area contributed by atoms with Crippen LogP contribution in [0.5, 0.6) is 0 Å². The van der Waals surface area contributed by atoms with Gasteiger partial charge in [0, 0.05) is 5.69 Å². The molecule has 13 nitrogen and oxygen atoms in total. The van der Waals surface area contributed by atoms with Gasteiger partial charge in [-0.25, -0.2) is 0 Å². The van der Waals surface area contributed by atoms with Gasteiger partial charge in [-0.3, -0.25) is 28.8 Å². The highest BCUT2D eigenvalue weighted by molar-refractivity contribution is 6.01. The minimum absolute atomic E-state index is 0.00689. The van der Waals surface area contributed by atoms with Crippen molar-refractivity contribution in [2.45, 2.75) is 52.2 Å². The van der Waals surface area contributed by atoms with E-state index in [4.69, 9.17) is 10.8 Å². The third-order valence-corrected chi connectivity index (χ3v) is 4.89. The molecule has 36 heavy (non-hydrogen) atoms. The van der Waals surface area contributed by atoms with E-state index < -0.39 is 66.7 Å². The number of anilines is 1. The van der Waals surface area contributed by atoms with Gasteiger partial charge in [0.15, 0.2) is 0 Å². The van der Waals surface area contributed by atoms with Crippen LogP contribution >= 0.6 is 0 Å². The molecule has 0 saturated heterocycles. The van der Waals surface area contributed by atoms with Crippen LogP contribution in [-0.4, -0.2) is 71.8 Å². The van der Waals surface area contributed by atoms with Crippen LogP contribution in [0.2, 0.25) is 0 Å². The lowest BCUT2D eigenvalue weighted by molar-refractivity contribution is -0.138. The Balaban J connectivity index is 2.62. The second-order valence-electron chi connectivity index (χ2n) is 8.59. The number of para-hydroxylation sites is 1. The summed E-state index contributed by atoms with van der Waals surface area (Å²) in [5.41, 5.74) is 6.22. The van der Waals surface area contributed by atoms with Gasteiger partial charge in [-0.05, 0) is 38.3 Å². The zero-order chi connectivity index (χ0) is 27.4. The summed E-state index contributed by atoms with van der Waals surface area (Å²) in [6.45, 7) is 5.44. The summed E-state index contributed by atoms with van der Waals surface area (Å²) < 4.78 is 0. The fraction of sp³-hybridized carbons (Fsp3) is 0.478. The Kier molecular flexibility index (Phi) is 11.9. The largest absolute Gasteiger partial charge is 0.480 e. The van der Waals surface area contributed by atoms with Crippen LogP contribution < -0.4 is 32.3 Å². The van der Waals surface area contributed by atoms with Crippen molar-refractivity contribution in [3.63, 3.8) is 0 Å². The molecule has 0 heterocycles. The molecule has 0 fully saturated rings. The Morgan fingerprint density at radius 3 is 1.92 bits per heavy atom. The third kappa shape index (κ3) is 10.4. The Morgan fingerprint density at radius 2 is 1.36 bits per heavy atom. The first kappa shape index (κ1) is 29.9. The number of carboxylic acid groups (broad SMARTS) is 1. The van der Waals surface area contributed by atoms with Gasteiger partial charge >= 0.3 is 5.97 Å². The molecule has 1 rings (SSSR count). The number of nitrogens with two attached hydrogens (primary N) is 1. The van der Waals surface area contributed by atoms with Crippen LogP contribution in [-0.2, 0) is 24.0 Å². The predicted octanol–water partition coefficient (Wildman–Crippen LogP) is -1.26. The minimum Gasteiger partial charge on any atom is -0.480 e. The van der Waals surface area contributed by atoms with Crippen LogP contribution in [0.25, 0.3) is 0 Å². The van der Waals surface area contributed by atoms with E-state index in [9.17, 15) is 28.8 Å². The number of carbonyl (C=O) groups is 6. The summed E-state index contributed by atoms with van der Waals surface area (Å²) in [4.78, 5) is 72.1. The Bertz CT molecular complexity index is 981. The molecule has 0 aliphatic rings. The molecule has 0 radical (unpaired) electrons. The van der Waals surface area contributed by atoms with Crippen molar-refractivity contribution in [3.8, 4) is 0 Å². The average Bonchev–Trinajstić information content (AvgIpc) is 2.80. The first-order valence-corrected chi connectivity index (χ1v) is 11.3. The number of hydrogen-bond donors (Lipinski definition) is 7. The molecular formula is C23H34N6O7. The molecule has 1 aromatic rings. The van der Waals surface area contributed by atoms with E-state index in [2.05, 4.69) is 26.6 Å². The quantitative estimate of drug-likeness (QED) is 0.160. The van der Waals surface area contributed by atoms with Crippen LogP contribution in [0.15, 0.2) is 24.3 Å². The van der Waals surface area contributed by atoms with E-state index in [-0.39, 0.29) is 23.6 Å². The third-order valence-electron chi connectivity index (χ3n) is 4.89. The standard InChI is InChI=1S/C23H34N6O7/c1-12(2)9-17(23(36)28-14(4)21(34)26-11-19(31)32)29-18(30)10-25-20(33)13(3)27-22(35)15-7-5-6-8-16(15)24/h5-8,12-14,17H,9-11,24H2,1-4H3,(H,25,33)(H,26,34)(H,27,35)(H,28,36)(H,29,30)(H,31,32). The van der Waals surface area contributed by atoms with Gasteiger partial charge in [-0.1, -0.05) is 26.0 Å². The van der Waals surface area contributed by atoms with Crippen molar-refractivity contribution >= 4 is 41.2 Å². The first-order chi connectivity index (χ1) is 16.8. The van der Waals surface area contributed by atoms with Crippen molar-refractivity contribution < 1.29 is 33.9 Å². The van der Waals surface area contributed by atoms with Crippen molar-refractivity contribution in [2.24, 2.45) is 5.92 Å². The number of rotatable bonds is 13. The lowest BCUT2D eigenvalue weighted by Crippen LogP contribution is -2.55. The van der Waals surface area contributed by atoms with E-state index in [1.165, 1.54) is 19.9 Å². The Morgan fingerprint density at radius 1 is 0.806 bits per heavy atom. The lowest BCUT2D eigenvalue weighted by atomic mass is 10.0. The fourth-order valence-electron chi connectivity index (χ4n) is 3.01. The van der Waals surface area contributed by atoms with Gasteiger partial charge in [0.1, 0.15) is 24.7 Å². The molecule has 0 saturated carbocycles. The van der Waals surface area contributed by atoms with Crippen LogP contribution in [0.3, 0.4) is 0 Å². The number of amides is 5. The van der Waals surface area contributed by atoms with Crippen LogP contribution in [0.1, 0.15) is 44.5 Å². The minimum atomic E-state index is -1.23. The number of hydrogen-bond acceptors (Lipinski definition) is 7. The summed E-state index contributed by atoms with van der Waals surface area (Å²) in [5, 5.41) is 20.6. The summed E-state index contributed by atoms with van der Waals surface area (Å²) in [6, 6.07) is 3.37. The monoisotopic (exact) mass is 506 g/mol. The molecule has 1 aromatic carbocycles. The highest BCUT2D eigenvalue weighted by atomic mass is 16.4. The lowest BCUT2D eigenvalue weighted by Gasteiger charge is -2.22. The molecular weight excluding hydrogens is 472 g/mol. The highest BCUT2D eigenvalue weighted by Gasteiger charge is 2.26. The van der Waals surface area contributed by atoms with E-state index >= 15 is 0 Å². The maximum Gasteiger partial charge on any atom is 0.322 e. The average molecular weight is 507 g/mol. The molecule has 3 unspecified atom stereocenters. The Hall–Kier alpha value is -4.16. The number of aliphatic carboxylic acids is 1. The van der Waals surface area contributed by atoms with Crippen molar-refractivity contribution in [1.82, 2.24) is 26.6 Å². The molecule has 0 bridgehead atoms. The van der Waals surface area contributed by atoms with Gasteiger partial charge in [0.05, 0.1) is 12.1 Å². The summed E-state index contributed by atoms with van der Waals surface area (Å²) >= 11 is 0. The smallest absolute Gasteiger partial charge is 0.322 e. The van der Waals surface area contributed by atoms with Crippen LogP contribution in [0.4, 0.5) is 5.69 Å². The number of nitrogen functional groups attached to an aromatic ring is 1. The molecule has 198 valence electrons.